The fraction of sp³-hybridized carbons (Fsp3) is 0.625. The molecule has 5 nitrogen and oxygen atoms in total. The van der Waals surface area contributed by atoms with Crippen LogP contribution in [0.15, 0.2) is 18.2 Å². The molecule has 37 heavy (non-hydrogen) atoms. The van der Waals surface area contributed by atoms with Gasteiger partial charge in [-0.2, -0.15) is 52.7 Å². The molecule has 0 aliphatic carbocycles. The molecule has 0 unspecified atom stereocenters. The van der Waals surface area contributed by atoms with Gasteiger partial charge in [-0.1, -0.05) is 0 Å². The van der Waals surface area contributed by atoms with Crippen molar-refractivity contribution in [3.63, 3.8) is 0 Å². The highest BCUT2D eigenvalue weighted by molar-refractivity contribution is 5.46. The average Bonchev–Trinajstić information content (AvgIpc) is 2.75. The zero-order valence-electron chi connectivity index (χ0n) is 16.9. The van der Waals surface area contributed by atoms with Gasteiger partial charge in [-0.15, -0.1) is 0 Å². The molecule has 0 spiro atoms. The molecule has 0 heterocycles. The van der Waals surface area contributed by atoms with Crippen molar-refractivity contribution in [3.05, 3.63) is 28.3 Å². The van der Waals surface area contributed by atoms with E-state index in [4.69, 9.17) is 0 Å². The van der Waals surface area contributed by atoms with Gasteiger partial charge in [0.05, 0.1) is 17.1 Å². The molecule has 0 aromatic heterocycles. The van der Waals surface area contributed by atoms with E-state index in [-0.39, 0.29) is 18.2 Å². The van der Waals surface area contributed by atoms with Crippen LogP contribution in [0.3, 0.4) is 0 Å². The van der Waals surface area contributed by atoms with Crippen LogP contribution in [0.25, 0.3) is 0 Å². The number of non-ortho nitro benzene ring substituents is 1. The quantitative estimate of drug-likeness (QED) is 0.148. The Labute approximate surface area is 193 Å². The van der Waals surface area contributed by atoms with Gasteiger partial charge < -0.3 is 9.47 Å². The van der Waals surface area contributed by atoms with Gasteiger partial charge in [-0.3, -0.25) is 10.1 Å². The van der Waals surface area contributed by atoms with Crippen LogP contribution in [0.5, 0.6) is 11.5 Å². The number of benzene rings is 1. The van der Waals surface area contributed by atoms with Crippen molar-refractivity contribution < 1.29 is 84.6 Å². The molecule has 0 bridgehead atoms. The first-order valence-electron chi connectivity index (χ1n) is 8.73. The van der Waals surface area contributed by atoms with Gasteiger partial charge in [-0.25, -0.2) is 17.6 Å². The van der Waals surface area contributed by atoms with E-state index < -0.39 is 83.7 Å². The minimum Gasteiger partial charge on any atom is -0.487 e. The van der Waals surface area contributed by atoms with Crippen molar-refractivity contribution in [3.8, 4) is 11.5 Å². The molecular formula is C16H9F16NO4. The van der Waals surface area contributed by atoms with Gasteiger partial charge in [-0.05, 0) is 0 Å². The Morgan fingerprint density at radius 1 is 0.649 bits per heavy atom. The van der Waals surface area contributed by atoms with Gasteiger partial charge >= 0.3 is 48.4 Å². The number of ether oxygens (including phenoxy) is 2. The topological polar surface area (TPSA) is 61.6 Å². The summed E-state index contributed by atoms with van der Waals surface area (Å²) in [6, 6.07) is 0.0278. The van der Waals surface area contributed by atoms with E-state index in [1.165, 1.54) is 0 Å². The summed E-state index contributed by atoms with van der Waals surface area (Å²) in [6.07, 6.45) is -10.6. The van der Waals surface area contributed by atoms with Crippen LogP contribution >= 0.6 is 0 Å². The highest BCUT2D eigenvalue weighted by Crippen LogP contribution is 2.50. The highest BCUT2D eigenvalue weighted by atomic mass is 19.4. The van der Waals surface area contributed by atoms with Crippen molar-refractivity contribution >= 4 is 5.69 Å². The van der Waals surface area contributed by atoms with Crippen LogP contribution in [0.1, 0.15) is 0 Å². The van der Waals surface area contributed by atoms with Gasteiger partial charge in [0, 0.05) is 6.07 Å². The third-order valence-corrected chi connectivity index (χ3v) is 4.22. The maximum Gasteiger partial charge on any atom is 0.381 e. The molecule has 0 radical (unpaired) electrons. The Morgan fingerprint density at radius 2 is 0.946 bits per heavy atom. The van der Waals surface area contributed by atoms with E-state index in [0.29, 0.717) is 0 Å². The fourth-order valence-electron chi connectivity index (χ4n) is 2.12. The number of nitro benzene ring substituents is 1. The SMILES string of the molecule is O=[N+]([O-])c1cc(OCC(F)(F)C(F)(F)C(F)(F)C(F)F)cc(OCC(F)(F)C(F)(F)C(F)(F)C(F)F)c1. The number of halogens is 16. The van der Waals surface area contributed by atoms with Crippen LogP contribution in [0, 0.1) is 10.1 Å². The van der Waals surface area contributed by atoms with E-state index >= 15 is 0 Å². The third-order valence-electron chi connectivity index (χ3n) is 4.22. The summed E-state index contributed by atoms with van der Waals surface area (Å²) in [6.45, 7) is -5.81. The zero-order chi connectivity index (χ0) is 29.4. The summed E-state index contributed by atoms with van der Waals surface area (Å²) in [5.41, 5.74) is -1.42. The van der Waals surface area contributed by atoms with Gasteiger partial charge in [0.15, 0.2) is 13.2 Å². The summed E-state index contributed by atoms with van der Waals surface area (Å²) >= 11 is 0. The molecule has 0 aliphatic heterocycles. The Morgan fingerprint density at radius 3 is 1.19 bits per heavy atom. The number of hydrogen-bond acceptors (Lipinski definition) is 4. The van der Waals surface area contributed by atoms with E-state index in [9.17, 15) is 80.4 Å². The number of nitrogens with zero attached hydrogens (tertiary/aromatic N) is 1. The second-order valence-electron chi connectivity index (χ2n) is 6.90. The molecule has 21 heteroatoms. The zero-order valence-corrected chi connectivity index (χ0v) is 16.9. The first-order valence-corrected chi connectivity index (χ1v) is 8.73. The predicted octanol–water partition coefficient (Wildman–Crippen LogP) is 6.69. The minimum absolute atomic E-state index is 0.0318. The first-order chi connectivity index (χ1) is 16.3. The van der Waals surface area contributed by atoms with Crippen molar-refractivity contribution in [1.29, 1.82) is 0 Å². The predicted molar refractivity (Wildman–Crippen MR) is 85.8 cm³/mol. The third kappa shape index (κ3) is 5.99. The molecule has 0 fully saturated rings. The van der Waals surface area contributed by atoms with Crippen LogP contribution in [-0.2, 0) is 0 Å². The molecule has 0 aliphatic rings. The second kappa shape index (κ2) is 10.1. The maximum atomic E-state index is 13.5. The Hall–Kier alpha value is -2.90. The van der Waals surface area contributed by atoms with Crippen molar-refractivity contribution in [2.45, 2.75) is 48.4 Å². The molecule has 1 rings (SSSR count). The highest BCUT2D eigenvalue weighted by Gasteiger charge is 2.76. The average molecular weight is 583 g/mol. The number of hydrogen-bond donors (Lipinski definition) is 0. The summed E-state index contributed by atoms with van der Waals surface area (Å²) in [5.74, 6) is -42.0. The smallest absolute Gasteiger partial charge is 0.381 e. The molecule has 0 amide bonds. The fourth-order valence-corrected chi connectivity index (χ4v) is 2.12. The largest absolute Gasteiger partial charge is 0.487 e. The van der Waals surface area contributed by atoms with Crippen LogP contribution in [0.4, 0.5) is 75.9 Å². The van der Waals surface area contributed by atoms with E-state index in [2.05, 4.69) is 9.47 Å². The standard InChI is InChI=1S/C16H9F16NO4/c17-9(18)13(25,26)15(29,30)11(21,22)4-36-7-1-6(33(34)35)2-8(3-7)37-5-12(23,24)16(31,32)14(27,28)10(19)20/h1-3,9-10H,4-5H2. The van der Waals surface area contributed by atoms with Crippen LogP contribution < -0.4 is 9.47 Å². The lowest BCUT2D eigenvalue weighted by molar-refractivity contribution is -0.385. The second-order valence-corrected chi connectivity index (χ2v) is 6.90. The van der Waals surface area contributed by atoms with Gasteiger partial charge in [0.1, 0.15) is 11.5 Å². The Kier molecular flexibility index (Phi) is 8.77. The van der Waals surface area contributed by atoms with Crippen molar-refractivity contribution in [2.75, 3.05) is 13.2 Å². The Balaban J connectivity index is 3.23. The summed E-state index contributed by atoms with van der Waals surface area (Å²) in [7, 11) is 0. The molecule has 214 valence electrons. The van der Waals surface area contributed by atoms with Crippen LogP contribution in [0.2, 0.25) is 0 Å². The van der Waals surface area contributed by atoms with Gasteiger partial charge in [0.25, 0.3) is 5.69 Å². The molecule has 1 aromatic rings. The molecule has 1 aromatic carbocycles. The van der Waals surface area contributed by atoms with E-state index in [0.717, 1.165) is 0 Å². The number of rotatable bonds is 13. The number of nitro groups is 1. The Bertz CT molecular complexity index is 902. The molecule has 0 atom stereocenters. The van der Waals surface area contributed by atoms with E-state index in [1.807, 2.05) is 0 Å². The minimum atomic E-state index is -6.78. The molecule has 0 saturated carbocycles. The maximum absolute atomic E-state index is 13.5. The summed E-state index contributed by atoms with van der Waals surface area (Å²) in [5, 5.41) is 10.8. The summed E-state index contributed by atoms with van der Waals surface area (Å²) in [4.78, 5) is 9.34. The first kappa shape index (κ1) is 32.1. The lowest BCUT2D eigenvalue weighted by Gasteiger charge is -2.32. The van der Waals surface area contributed by atoms with Gasteiger partial charge in [0.2, 0.25) is 0 Å². The summed E-state index contributed by atoms with van der Waals surface area (Å²) < 4.78 is 215. The lowest BCUT2D eigenvalue weighted by Crippen LogP contribution is -2.59. The van der Waals surface area contributed by atoms with Crippen molar-refractivity contribution in [2.24, 2.45) is 0 Å². The number of alkyl halides is 16. The van der Waals surface area contributed by atoms with Crippen LogP contribution in [-0.4, -0.2) is 66.5 Å². The van der Waals surface area contributed by atoms with Crippen molar-refractivity contribution in [1.82, 2.24) is 0 Å². The monoisotopic (exact) mass is 583 g/mol. The molecular weight excluding hydrogens is 574 g/mol. The molecule has 0 saturated heterocycles. The van der Waals surface area contributed by atoms with E-state index in [1.54, 1.807) is 0 Å². The lowest BCUT2D eigenvalue weighted by atomic mass is 10.1. The molecule has 0 N–H and O–H groups in total. The normalized spacial score (nSPS) is 14.3.